The zero-order chi connectivity index (χ0) is 16.7. The number of hydrogen-bond donors (Lipinski definition) is 1. The van der Waals surface area contributed by atoms with Gasteiger partial charge in [0.05, 0.1) is 12.3 Å². The number of ether oxygens (including phenoxy) is 1. The first kappa shape index (κ1) is 16.9. The van der Waals surface area contributed by atoms with Gasteiger partial charge in [-0.15, -0.1) is 0 Å². The van der Waals surface area contributed by atoms with Crippen LogP contribution < -0.4 is 15.0 Å². The molecular formula is C19H24N2O2. The minimum Gasteiger partial charge on any atom is -0.491 e. The molecule has 0 aromatic heterocycles. The molecule has 2 aromatic rings. The second-order valence-electron chi connectivity index (χ2n) is 5.60. The van der Waals surface area contributed by atoms with Crippen LogP contribution >= 0.6 is 0 Å². The quantitative estimate of drug-likeness (QED) is 0.780. The Balaban J connectivity index is 2.12. The van der Waals surface area contributed by atoms with Crippen molar-refractivity contribution in [3.63, 3.8) is 0 Å². The highest BCUT2D eigenvalue weighted by atomic mass is 16.5. The molecule has 1 N–H and O–H groups in total. The molecule has 2 aromatic carbocycles. The van der Waals surface area contributed by atoms with Gasteiger partial charge >= 0.3 is 0 Å². The number of para-hydroxylation sites is 2. The van der Waals surface area contributed by atoms with Gasteiger partial charge < -0.3 is 15.0 Å². The third-order valence-electron chi connectivity index (χ3n) is 3.52. The largest absolute Gasteiger partial charge is 0.491 e. The molecule has 0 aliphatic carbocycles. The zero-order valence-corrected chi connectivity index (χ0v) is 14.0. The number of unbranched alkanes of at least 4 members (excludes halogenated alkanes) is 1. The SMILES string of the molecule is CCCCOc1ccccc1NC(=O)c1cccc(N(C)C)c1. The van der Waals surface area contributed by atoms with E-state index < -0.39 is 0 Å². The Morgan fingerprint density at radius 2 is 1.91 bits per heavy atom. The molecule has 4 nitrogen and oxygen atoms in total. The van der Waals surface area contributed by atoms with Crippen molar-refractivity contribution in [1.82, 2.24) is 0 Å². The number of rotatable bonds is 7. The van der Waals surface area contributed by atoms with Gasteiger partial charge in [0.2, 0.25) is 0 Å². The summed E-state index contributed by atoms with van der Waals surface area (Å²) in [5.74, 6) is 0.568. The molecule has 1 amide bonds. The average Bonchev–Trinajstić information content (AvgIpc) is 2.56. The highest BCUT2D eigenvalue weighted by molar-refractivity contribution is 6.05. The fourth-order valence-electron chi connectivity index (χ4n) is 2.14. The number of nitrogens with one attached hydrogen (secondary N) is 1. The van der Waals surface area contributed by atoms with Gasteiger partial charge in [-0.2, -0.15) is 0 Å². The van der Waals surface area contributed by atoms with Crippen LogP contribution in [0.15, 0.2) is 48.5 Å². The van der Waals surface area contributed by atoms with E-state index in [1.807, 2.05) is 67.5 Å². The van der Waals surface area contributed by atoms with E-state index in [0.717, 1.165) is 18.5 Å². The lowest BCUT2D eigenvalue weighted by Gasteiger charge is -2.15. The predicted octanol–water partition coefficient (Wildman–Crippen LogP) is 4.18. The van der Waals surface area contributed by atoms with Gasteiger partial charge in [0.25, 0.3) is 5.91 Å². The molecule has 0 bridgehead atoms. The van der Waals surface area contributed by atoms with E-state index in [1.165, 1.54) is 0 Å². The summed E-state index contributed by atoms with van der Waals surface area (Å²) in [6.07, 6.45) is 2.07. The topological polar surface area (TPSA) is 41.6 Å². The van der Waals surface area contributed by atoms with E-state index in [4.69, 9.17) is 4.74 Å². The van der Waals surface area contributed by atoms with E-state index in [1.54, 1.807) is 0 Å². The molecule has 0 atom stereocenters. The van der Waals surface area contributed by atoms with Crippen molar-refractivity contribution in [1.29, 1.82) is 0 Å². The summed E-state index contributed by atoms with van der Waals surface area (Å²) in [6, 6.07) is 15.1. The van der Waals surface area contributed by atoms with Crippen molar-refractivity contribution < 1.29 is 9.53 Å². The monoisotopic (exact) mass is 312 g/mol. The molecule has 0 fully saturated rings. The van der Waals surface area contributed by atoms with Crippen molar-refractivity contribution in [3.8, 4) is 5.75 Å². The number of carbonyl (C=O) groups is 1. The number of benzene rings is 2. The zero-order valence-electron chi connectivity index (χ0n) is 14.0. The highest BCUT2D eigenvalue weighted by Gasteiger charge is 2.10. The van der Waals surface area contributed by atoms with Gasteiger partial charge in [-0.3, -0.25) is 4.79 Å². The number of anilines is 2. The summed E-state index contributed by atoms with van der Waals surface area (Å²) in [4.78, 5) is 14.5. The Labute approximate surface area is 138 Å². The van der Waals surface area contributed by atoms with E-state index in [-0.39, 0.29) is 5.91 Å². The average molecular weight is 312 g/mol. The predicted molar refractivity (Wildman–Crippen MR) is 95.6 cm³/mol. The van der Waals surface area contributed by atoms with Gasteiger partial charge in [-0.25, -0.2) is 0 Å². The van der Waals surface area contributed by atoms with Crippen molar-refractivity contribution in [2.24, 2.45) is 0 Å². The van der Waals surface area contributed by atoms with E-state index in [2.05, 4.69) is 12.2 Å². The molecular weight excluding hydrogens is 288 g/mol. The first-order valence-corrected chi connectivity index (χ1v) is 7.92. The molecule has 0 unspecified atom stereocenters. The first-order chi connectivity index (χ1) is 11.1. The lowest BCUT2D eigenvalue weighted by atomic mass is 10.1. The van der Waals surface area contributed by atoms with Gasteiger partial charge in [-0.05, 0) is 36.8 Å². The third-order valence-corrected chi connectivity index (χ3v) is 3.52. The van der Waals surface area contributed by atoms with Crippen LogP contribution in [0.5, 0.6) is 5.75 Å². The number of hydrogen-bond acceptors (Lipinski definition) is 3. The maximum absolute atomic E-state index is 12.5. The molecule has 0 heterocycles. The maximum atomic E-state index is 12.5. The minimum atomic E-state index is -0.139. The Morgan fingerprint density at radius 1 is 1.13 bits per heavy atom. The van der Waals surface area contributed by atoms with Crippen molar-refractivity contribution >= 4 is 17.3 Å². The fraction of sp³-hybridized carbons (Fsp3) is 0.316. The summed E-state index contributed by atoms with van der Waals surface area (Å²) >= 11 is 0. The Bertz CT molecular complexity index is 653. The molecule has 0 saturated heterocycles. The third kappa shape index (κ3) is 4.74. The van der Waals surface area contributed by atoms with Crippen LogP contribution in [0.4, 0.5) is 11.4 Å². The normalized spacial score (nSPS) is 10.2. The maximum Gasteiger partial charge on any atom is 0.255 e. The van der Waals surface area contributed by atoms with Crippen molar-refractivity contribution in [2.45, 2.75) is 19.8 Å². The lowest BCUT2D eigenvalue weighted by Crippen LogP contribution is -2.15. The summed E-state index contributed by atoms with van der Waals surface area (Å²) < 4.78 is 5.75. The van der Waals surface area contributed by atoms with Crippen LogP contribution in [0.1, 0.15) is 30.1 Å². The number of carbonyl (C=O) groups excluding carboxylic acids is 1. The molecule has 2 rings (SSSR count). The van der Waals surface area contributed by atoms with Crippen LogP contribution in [0, 0.1) is 0 Å². The second kappa shape index (κ2) is 8.22. The Kier molecular flexibility index (Phi) is 6.03. The van der Waals surface area contributed by atoms with Gasteiger partial charge in [0, 0.05) is 25.3 Å². The summed E-state index contributed by atoms with van der Waals surface area (Å²) in [5, 5.41) is 2.94. The Morgan fingerprint density at radius 3 is 2.65 bits per heavy atom. The molecule has 23 heavy (non-hydrogen) atoms. The van der Waals surface area contributed by atoms with E-state index in [9.17, 15) is 4.79 Å². The molecule has 0 radical (unpaired) electrons. The summed E-state index contributed by atoms with van der Waals surface area (Å²) in [6.45, 7) is 2.77. The van der Waals surface area contributed by atoms with Crippen LogP contribution in [0.25, 0.3) is 0 Å². The molecule has 0 aliphatic heterocycles. The number of nitrogens with zero attached hydrogens (tertiary/aromatic N) is 1. The standard InChI is InChI=1S/C19H24N2O2/c1-4-5-13-23-18-12-7-6-11-17(18)20-19(22)15-9-8-10-16(14-15)21(2)3/h6-12,14H,4-5,13H2,1-3H3,(H,20,22). The number of amides is 1. The van der Waals surface area contributed by atoms with Crippen molar-refractivity contribution in [2.75, 3.05) is 30.9 Å². The van der Waals surface area contributed by atoms with E-state index >= 15 is 0 Å². The van der Waals surface area contributed by atoms with Crippen LogP contribution in [0.2, 0.25) is 0 Å². The Hall–Kier alpha value is -2.49. The van der Waals surface area contributed by atoms with Crippen LogP contribution in [-0.4, -0.2) is 26.6 Å². The lowest BCUT2D eigenvalue weighted by molar-refractivity contribution is 0.102. The molecule has 0 saturated carbocycles. The summed E-state index contributed by atoms with van der Waals surface area (Å²) in [7, 11) is 3.90. The van der Waals surface area contributed by atoms with Gasteiger partial charge in [0.15, 0.2) is 0 Å². The van der Waals surface area contributed by atoms with Crippen molar-refractivity contribution in [3.05, 3.63) is 54.1 Å². The molecule has 4 heteroatoms. The van der Waals surface area contributed by atoms with E-state index in [0.29, 0.717) is 23.6 Å². The van der Waals surface area contributed by atoms with Crippen LogP contribution in [0.3, 0.4) is 0 Å². The molecule has 0 aliphatic rings. The smallest absolute Gasteiger partial charge is 0.255 e. The van der Waals surface area contributed by atoms with Crippen LogP contribution in [-0.2, 0) is 0 Å². The highest BCUT2D eigenvalue weighted by Crippen LogP contribution is 2.25. The molecule has 0 spiro atoms. The summed E-state index contributed by atoms with van der Waals surface area (Å²) in [5.41, 5.74) is 2.31. The fourth-order valence-corrected chi connectivity index (χ4v) is 2.14. The van der Waals surface area contributed by atoms with Gasteiger partial charge in [0.1, 0.15) is 5.75 Å². The van der Waals surface area contributed by atoms with Gasteiger partial charge in [-0.1, -0.05) is 31.5 Å². The first-order valence-electron chi connectivity index (χ1n) is 7.92. The molecule has 122 valence electrons. The second-order valence-corrected chi connectivity index (χ2v) is 5.60. The minimum absolute atomic E-state index is 0.139.